The van der Waals surface area contributed by atoms with E-state index in [1.54, 1.807) is 7.11 Å². The zero-order valence-corrected chi connectivity index (χ0v) is 11.0. The van der Waals surface area contributed by atoms with Gasteiger partial charge in [-0.15, -0.1) is 0 Å². The molecule has 0 aliphatic heterocycles. The Labute approximate surface area is 104 Å². The Morgan fingerprint density at radius 3 is 2.82 bits per heavy atom. The Hall–Kier alpha value is -1.29. The molecule has 0 bridgehead atoms. The topological polar surface area (TPSA) is 46.2 Å². The van der Waals surface area contributed by atoms with Gasteiger partial charge in [0.1, 0.15) is 11.6 Å². The van der Waals surface area contributed by atoms with E-state index in [9.17, 15) is 0 Å². The Bertz CT molecular complexity index is 317. The minimum atomic E-state index is 0.365. The number of hydrogen-bond donors (Lipinski definition) is 2. The highest BCUT2D eigenvalue weighted by Gasteiger charge is 2.03. The van der Waals surface area contributed by atoms with Gasteiger partial charge in [-0.25, -0.2) is 4.98 Å². The van der Waals surface area contributed by atoms with Crippen molar-refractivity contribution in [3.8, 4) is 0 Å². The summed E-state index contributed by atoms with van der Waals surface area (Å²) in [5.74, 6) is 1.84. The highest BCUT2D eigenvalue weighted by Crippen LogP contribution is 2.11. The molecule has 1 atom stereocenters. The average molecular weight is 237 g/mol. The highest BCUT2D eigenvalue weighted by molar-refractivity contribution is 5.45. The van der Waals surface area contributed by atoms with Crippen LogP contribution in [0.25, 0.3) is 0 Å². The Morgan fingerprint density at radius 1 is 1.35 bits per heavy atom. The van der Waals surface area contributed by atoms with Gasteiger partial charge in [-0.3, -0.25) is 0 Å². The van der Waals surface area contributed by atoms with Gasteiger partial charge in [0.15, 0.2) is 0 Å². The van der Waals surface area contributed by atoms with Gasteiger partial charge in [0.2, 0.25) is 0 Å². The summed E-state index contributed by atoms with van der Waals surface area (Å²) in [4.78, 5) is 4.50. The lowest BCUT2D eigenvalue weighted by Crippen LogP contribution is -2.18. The Morgan fingerprint density at radius 2 is 2.12 bits per heavy atom. The summed E-state index contributed by atoms with van der Waals surface area (Å²) < 4.78 is 5.05. The minimum absolute atomic E-state index is 0.365. The number of methoxy groups -OCH3 is 1. The number of anilines is 2. The second-order valence-corrected chi connectivity index (χ2v) is 4.16. The quantitative estimate of drug-likeness (QED) is 0.730. The van der Waals surface area contributed by atoms with Crippen LogP contribution in [0.2, 0.25) is 0 Å². The van der Waals surface area contributed by atoms with Crippen LogP contribution < -0.4 is 10.6 Å². The van der Waals surface area contributed by atoms with Gasteiger partial charge in [0.25, 0.3) is 0 Å². The van der Waals surface area contributed by atoms with Gasteiger partial charge in [-0.2, -0.15) is 0 Å². The van der Waals surface area contributed by atoms with Crippen molar-refractivity contribution in [2.24, 2.45) is 0 Å². The van der Waals surface area contributed by atoms with Crippen molar-refractivity contribution in [3.63, 3.8) is 0 Å². The molecule has 0 aromatic carbocycles. The van der Waals surface area contributed by atoms with Crippen LogP contribution in [0.4, 0.5) is 11.6 Å². The van der Waals surface area contributed by atoms with Crippen LogP contribution in [0.3, 0.4) is 0 Å². The van der Waals surface area contributed by atoms with Crippen molar-refractivity contribution in [2.45, 2.75) is 32.7 Å². The van der Waals surface area contributed by atoms with E-state index in [1.165, 1.54) is 0 Å². The largest absolute Gasteiger partial charge is 0.385 e. The lowest BCUT2D eigenvalue weighted by molar-refractivity contribution is 0.191. The average Bonchev–Trinajstić information content (AvgIpc) is 2.34. The molecular weight excluding hydrogens is 214 g/mol. The SMILES string of the molecule is CCCNc1cccc(NC(C)CCOC)n1. The molecule has 0 radical (unpaired) electrons. The van der Waals surface area contributed by atoms with Gasteiger partial charge >= 0.3 is 0 Å². The fourth-order valence-electron chi connectivity index (χ4n) is 1.49. The lowest BCUT2D eigenvalue weighted by Gasteiger charge is -2.14. The Balaban J connectivity index is 2.47. The standard InChI is InChI=1S/C13H23N3O/c1-4-9-14-12-6-5-7-13(16-12)15-11(2)8-10-17-3/h5-7,11H,4,8-10H2,1-3H3,(H2,14,15,16). The van der Waals surface area contributed by atoms with Crippen molar-refractivity contribution < 1.29 is 4.74 Å². The minimum Gasteiger partial charge on any atom is -0.385 e. The third-order valence-corrected chi connectivity index (χ3v) is 2.45. The van der Waals surface area contributed by atoms with E-state index in [2.05, 4.69) is 29.5 Å². The van der Waals surface area contributed by atoms with Crippen LogP contribution in [0.15, 0.2) is 18.2 Å². The maximum Gasteiger partial charge on any atom is 0.128 e. The van der Waals surface area contributed by atoms with Crippen molar-refractivity contribution in [3.05, 3.63) is 18.2 Å². The molecular formula is C13H23N3O. The molecule has 0 amide bonds. The summed E-state index contributed by atoms with van der Waals surface area (Å²) in [5, 5.41) is 6.64. The molecule has 0 fully saturated rings. The van der Waals surface area contributed by atoms with Crippen molar-refractivity contribution >= 4 is 11.6 Å². The third kappa shape index (κ3) is 5.54. The first kappa shape index (κ1) is 13.8. The van der Waals surface area contributed by atoms with Crippen LogP contribution in [-0.4, -0.2) is 31.3 Å². The Kier molecular flexibility index (Phi) is 6.40. The number of nitrogens with one attached hydrogen (secondary N) is 2. The first-order valence-corrected chi connectivity index (χ1v) is 6.22. The second-order valence-electron chi connectivity index (χ2n) is 4.16. The van der Waals surface area contributed by atoms with E-state index in [0.29, 0.717) is 6.04 Å². The summed E-state index contributed by atoms with van der Waals surface area (Å²) >= 11 is 0. The molecule has 0 saturated heterocycles. The summed E-state index contributed by atoms with van der Waals surface area (Å²) in [6, 6.07) is 6.35. The molecule has 1 rings (SSSR count). The van der Waals surface area contributed by atoms with Crippen LogP contribution >= 0.6 is 0 Å². The van der Waals surface area contributed by atoms with Crippen LogP contribution in [-0.2, 0) is 4.74 Å². The molecule has 4 heteroatoms. The molecule has 1 aromatic rings. The maximum atomic E-state index is 5.05. The molecule has 0 spiro atoms. The first-order valence-electron chi connectivity index (χ1n) is 6.22. The van der Waals surface area contributed by atoms with E-state index >= 15 is 0 Å². The van der Waals surface area contributed by atoms with E-state index in [1.807, 2.05) is 18.2 Å². The number of ether oxygens (including phenoxy) is 1. The summed E-state index contributed by atoms with van der Waals surface area (Å²) in [7, 11) is 1.72. The van der Waals surface area contributed by atoms with Crippen molar-refractivity contribution in [2.75, 3.05) is 30.9 Å². The lowest BCUT2D eigenvalue weighted by atomic mass is 10.2. The van der Waals surface area contributed by atoms with E-state index in [4.69, 9.17) is 4.74 Å². The molecule has 4 nitrogen and oxygen atoms in total. The van der Waals surface area contributed by atoms with E-state index < -0.39 is 0 Å². The third-order valence-electron chi connectivity index (χ3n) is 2.45. The normalized spacial score (nSPS) is 12.2. The molecule has 0 aliphatic carbocycles. The fourth-order valence-corrected chi connectivity index (χ4v) is 1.49. The van der Waals surface area contributed by atoms with E-state index in [0.717, 1.165) is 37.6 Å². The number of hydrogen-bond acceptors (Lipinski definition) is 4. The zero-order chi connectivity index (χ0) is 12.5. The summed E-state index contributed by atoms with van der Waals surface area (Å²) in [5.41, 5.74) is 0. The predicted molar refractivity (Wildman–Crippen MR) is 72.6 cm³/mol. The van der Waals surface area contributed by atoms with Crippen molar-refractivity contribution in [1.82, 2.24) is 4.98 Å². The molecule has 96 valence electrons. The number of aromatic nitrogens is 1. The number of rotatable bonds is 8. The number of pyridine rings is 1. The van der Waals surface area contributed by atoms with Gasteiger partial charge in [0, 0.05) is 26.3 Å². The monoisotopic (exact) mass is 237 g/mol. The van der Waals surface area contributed by atoms with Gasteiger partial charge in [0.05, 0.1) is 0 Å². The van der Waals surface area contributed by atoms with Gasteiger partial charge in [-0.05, 0) is 31.9 Å². The summed E-state index contributed by atoms with van der Waals surface area (Å²) in [6.07, 6.45) is 2.08. The van der Waals surface area contributed by atoms with E-state index in [-0.39, 0.29) is 0 Å². The maximum absolute atomic E-state index is 5.05. The molecule has 0 aliphatic rings. The molecule has 17 heavy (non-hydrogen) atoms. The fraction of sp³-hybridized carbons (Fsp3) is 0.615. The highest BCUT2D eigenvalue weighted by atomic mass is 16.5. The van der Waals surface area contributed by atoms with Crippen LogP contribution in [0.1, 0.15) is 26.7 Å². The van der Waals surface area contributed by atoms with Crippen molar-refractivity contribution in [1.29, 1.82) is 0 Å². The molecule has 1 aromatic heterocycles. The molecule has 2 N–H and O–H groups in total. The zero-order valence-electron chi connectivity index (χ0n) is 11.0. The predicted octanol–water partition coefficient (Wildman–Crippen LogP) is 2.74. The smallest absolute Gasteiger partial charge is 0.128 e. The van der Waals surface area contributed by atoms with Gasteiger partial charge in [-0.1, -0.05) is 13.0 Å². The van der Waals surface area contributed by atoms with Crippen LogP contribution in [0, 0.1) is 0 Å². The molecule has 0 saturated carbocycles. The second kappa shape index (κ2) is 7.90. The molecule has 1 unspecified atom stereocenters. The first-order chi connectivity index (χ1) is 8.26. The molecule has 1 heterocycles. The number of nitrogens with zero attached hydrogens (tertiary/aromatic N) is 1. The summed E-state index contributed by atoms with van der Waals surface area (Å²) in [6.45, 7) is 5.99. The van der Waals surface area contributed by atoms with Crippen LogP contribution in [0.5, 0.6) is 0 Å². The van der Waals surface area contributed by atoms with Gasteiger partial charge < -0.3 is 15.4 Å².